The summed E-state index contributed by atoms with van der Waals surface area (Å²) in [5.74, 6) is 0.660. The van der Waals surface area contributed by atoms with E-state index < -0.39 is 6.16 Å². The zero-order chi connectivity index (χ0) is 13.4. The highest BCUT2D eigenvalue weighted by molar-refractivity contribution is 5.66. The second kappa shape index (κ2) is 6.97. The highest BCUT2D eigenvalue weighted by atomic mass is 16.7. The van der Waals surface area contributed by atoms with E-state index in [0.717, 1.165) is 5.56 Å². The molecule has 94 valence electrons. The summed E-state index contributed by atoms with van der Waals surface area (Å²) in [6.07, 6.45) is 2.19. The average molecular weight is 247 g/mol. The first-order valence-corrected chi connectivity index (χ1v) is 5.30. The van der Waals surface area contributed by atoms with E-state index >= 15 is 0 Å². The van der Waals surface area contributed by atoms with Crippen molar-refractivity contribution in [2.24, 2.45) is 0 Å². The van der Waals surface area contributed by atoms with Gasteiger partial charge >= 0.3 is 6.16 Å². The molecule has 0 heterocycles. The van der Waals surface area contributed by atoms with E-state index in [1.54, 1.807) is 31.2 Å². The second-order valence-electron chi connectivity index (χ2n) is 3.16. The van der Waals surface area contributed by atoms with Gasteiger partial charge in [-0.2, -0.15) is 5.26 Å². The summed E-state index contributed by atoms with van der Waals surface area (Å²) < 4.78 is 14.7. The fourth-order valence-corrected chi connectivity index (χ4v) is 1.24. The largest absolute Gasteiger partial charge is 0.513 e. The minimum absolute atomic E-state index is 0.240. The van der Waals surface area contributed by atoms with Gasteiger partial charge in [-0.3, -0.25) is 0 Å². The number of hydrogen-bond acceptors (Lipinski definition) is 5. The van der Waals surface area contributed by atoms with Gasteiger partial charge in [0, 0.05) is 6.08 Å². The third kappa shape index (κ3) is 3.83. The Morgan fingerprint density at radius 1 is 1.44 bits per heavy atom. The maximum absolute atomic E-state index is 11.2. The number of benzene rings is 1. The van der Waals surface area contributed by atoms with Crippen LogP contribution in [0.4, 0.5) is 4.79 Å². The Kier molecular flexibility index (Phi) is 5.26. The first kappa shape index (κ1) is 13.6. The van der Waals surface area contributed by atoms with Gasteiger partial charge in [0.2, 0.25) is 0 Å². The molecule has 1 aromatic rings. The number of rotatable bonds is 4. The van der Waals surface area contributed by atoms with Gasteiger partial charge in [0.25, 0.3) is 0 Å². The second-order valence-corrected chi connectivity index (χ2v) is 3.16. The molecule has 0 aliphatic carbocycles. The van der Waals surface area contributed by atoms with Crippen LogP contribution < -0.4 is 9.47 Å². The predicted molar refractivity (Wildman–Crippen MR) is 65.3 cm³/mol. The minimum Gasteiger partial charge on any atom is -0.493 e. The lowest BCUT2D eigenvalue weighted by molar-refractivity contribution is 0.103. The van der Waals surface area contributed by atoms with Crippen LogP contribution in [0.1, 0.15) is 12.5 Å². The lowest BCUT2D eigenvalue weighted by Gasteiger charge is -2.09. The normalized spacial score (nSPS) is 9.83. The molecule has 5 heteroatoms. The van der Waals surface area contributed by atoms with E-state index in [-0.39, 0.29) is 12.4 Å². The monoisotopic (exact) mass is 247 g/mol. The van der Waals surface area contributed by atoms with Gasteiger partial charge in [-0.25, -0.2) is 4.79 Å². The van der Waals surface area contributed by atoms with Gasteiger partial charge < -0.3 is 14.2 Å². The van der Waals surface area contributed by atoms with Crippen molar-refractivity contribution in [3.8, 4) is 17.6 Å². The molecular formula is C13H13NO4. The Hall–Kier alpha value is -2.48. The topological polar surface area (TPSA) is 68.5 Å². The molecule has 18 heavy (non-hydrogen) atoms. The Morgan fingerprint density at radius 2 is 2.22 bits per heavy atom. The van der Waals surface area contributed by atoms with E-state index in [1.807, 2.05) is 6.07 Å². The fourth-order valence-electron chi connectivity index (χ4n) is 1.24. The van der Waals surface area contributed by atoms with Crippen molar-refractivity contribution in [2.75, 3.05) is 13.7 Å². The van der Waals surface area contributed by atoms with Crippen molar-refractivity contribution in [2.45, 2.75) is 6.92 Å². The van der Waals surface area contributed by atoms with Gasteiger partial charge in [-0.15, -0.1) is 0 Å². The van der Waals surface area contributed by atoms with Crippen LogP contribution in [-0.4, -0.2) is 19.9 Å². The Balaban J connectivity index is 2.90. The number of carbonyl (C=O) groups is 1. The fraction of sp³-hybridized carbons (Fsp3) is 0.231. The summed E-state index contributed by atoms with van der Waals surface area (Å²) in [6.45, 7) is 1.93. The molecule has 0 spiro atoms. The number of nitrogens with zero attached hydrogens (tertiary/aromatic N) is 1. The van der Waals surface area contributed by atoms with E-state index in [0.29, 0.717) is 5.75 Å². The van der Waals surface area contributed by atoms with Gasteiger partial charge in [0.15, 0.2) is 11.5 Å². The Morgan fingerprint density at radius 3 is 2.83 bits per heavy atom. The summed E-state index contributed by atoms with van der Waals surface area (Å²) in [5, 5.41) is 8.43. The van der Waals surface area contributed by atoms with Crippen molar-refractivity contribution >= 4 is 12.2 Å². The molecule has 1 aromatic carbocycles. The molecule has 0 radical (unpaired) electrons. The van der Waals surface area contributed by atoms with Crippen molar-refractivity contribution in [1.29, 1.82) is 5.26 Å². The number of allylic oxidation sites excluding steroid dienone is 1. The molecular weight excluding hydrogens is 234 g/mol. The highest BCUT2D eigenvalue weighted by Gasteiger charge is 2.10. The van der Waals surface area contributed by atoms with E-state index in [2.05, 4.69) is 4.74 Å². The van der Waals surface area contributed by atoms with Crippen molar-refractivity contribution in [1.82, 2.24) is 0 Å². The number of carbonyl (C=O) groups excluding carboxylic acids is 1. The molecule has 0 aromatic heterocycles. The van der Waals surface area contributed by atoms with Crippen LogP contribution in [0.25, 0.3) is 6.08 Å². The van der Waals surface area contributed by atoms with Crippen LogP contribution in [0.3, 0.4) is 0 Å². The average Bonchev–Trinajstić information content (AvgIpc) is 2.37. The smallest absolute Gasteiger partial charge is 0.493 e. The SMILES string of the molecule is CCOC(=O)Oc1ccc(/C=C\C#N)cc1OC. The van der Waals surface area contributed by atoms with Gasteiger partial charge in [0.05, 0.1) is 19.8 Å². The molecule has 0 atom stereocenters. The van der Waals surface area contributed by atoms with E-state index in [4.69, 9.17) is 14.7 Å². The van der Waals surface area contributed by atoms with Gasteiger partial charge in [0.1, 0.15) is 0 Å². The Bertz CT molecular complexity index is 488. The van der Waals surface area contributed by atoms with Gasteiger partial charge in [-0.05, 0) is 30.7 Å². The van der Waals surface area contributed by atoms with Crippen LogP contribution in [0.15, 0.2) is 24.3 Å². The number of hydrogen-bond donors (Lipinski definition) is 0. The molecule has 0 aliphatic heterocycles. The summed E-state index contributed by atoms with van der Waals surface area (Å²) in [7, 11) is 1.46. The molecule has 0 N–H and O–H groups in total. The van der Waals surface area contributed by atoms with Crippen LogP contribution >= 0.6 is 0 Å². The van der Waals surface area contributed by atoms with E-state index in [1.165, 1.54) is 13.2 Å². The molecule has 5 nitrogen and oxygen atoms in total. The number of methoxy groups -OCH3 is 1. The third-order valence-corrected chi connectivity index (χ3v) is 1.99. The lowest BCUT2D eigenvalue weighted by Crippen LogP contribution is -2.10. The Labute approximate surface area is 105 Å². The number of ether oxygens (including phenoxy) is 3. The maximum Gasteiger partial charge on any atom is 0.513 e. The molecule has 0 amide bonds. The van der Waals surface area contributed by atoms with Crippen LogP contribution in [-0.2, 0) is 4.74 Å². The first-order chi connectivity index (χ1) is 8.71. The molecule has 0 bridgehead atoms. The summed E-state index contributed by atoms with van der Waals surface area (Å²) >= 11 is 0. The molecule has 0 fully saturated rings. The molecule has 0 saturated carbocycles. The first-order valence-electron chi connectivity index (χ1n) is 5.30. The zero-order valence-electron chi connectivity index (χ0n) is 10.2. The zero-order valence-corrected chi connectivity index (χ0v) is 10.2. The predicted octanol–water partition coefficient (Wildman–Crippen LogP) is 2.77. The van der Waals surface area contributed by atoms with Crippen LogP contribution in [0.5, 0.6) is 11.5 Å². The maximum atomic E-state index is 11.2. The summed E-state index contributed by atoms with van der Waals surface area (Å²) in [6, 6.07) is 6.82. The lowest BCUT2D eigenvalue weighted by atomic mass is 10.2. The van der Waals surface area contributed by atoms with Crippen molar-refractivity contribution in [3.63, 3.8) is 0 Å². The standard InChI is InChI=1S/C13H13NO4/c1-3-17-13(15)18-11-7-6-10(5-4-8-14)9-12(11)16-2/h4-7,9H,3H2,1-2H3/b5-4-. The quantitative estimate of drug-likeness (QED) is 0.465. The molecule has 0 unspecified atom stereocenters. The van der Waals surface area contributed by atoms with Gasteiger partial charge in [-0.1, -0.05) is 6.07 Å². The molecule has 1 rings (SSSR count). The van der Waals surface area contributed by atoms with E-state index in [9.17, 15) is 4.79 Å². The van der Waals surface area contributed by atoms with Crippen LogP contribution in [0, 0.1) is 11.3 Å². The minimum atomic E-state index is -0.781. The van der Waals surface area contributed by atoms with Crippen LogP contribution in [0.2, 0.25) is 0 Å². The molecule has 0 aliphatic rings. The molecule has 0 saturated heterocycles. The highest BCUT2D eigenvalue weighted by Crippen LogP contribution is 2.28. The number of nitriles is 1. The summed E-state index contributed by atoms with van der Waals surface area (Å²) in [4.78, 5) is 11.2. The van der Waals surface area contributed by atoms with Crippen molar-refractivity contribution in [3.05, 3.63) is 29.8 Å². The summed E-state index contributed by atoms with van der Waals surface area (Å²) in [5.41, 5.74) is 0.768. The third-order valence-electron chi connectivity index (χ3n) is 1.99. The van der Waals surface area contributed by atoms with Crippen molar-refractivity contribution < 1.29 is 19.0 Å².